The molecular formula is C14H20ClN3O. The lowest BCUT2D eigenvalue weighted by molar-refractivity contribution is 0.269. The van der Waals surface area contributed by atoms with E-state index < -0.39 is 0 Å². The van der Waals surface area contributed by atoms with Crippen molar-refractivity contribution in [3.05, 3.63) is 21.6 Å². The summed E-state index contributed by atoms with van der Waals surface area (Å²) in [6, 6.07) is 0. The first-order valence-corrected chi connectivity index (χ1v) is 7.55. The molecule has 1 aromatic rings. The van der Waals surface area contributed by atoms with E-state index in [0.29, 0.717) is 16.6 Å². The zero-order valence-corrected chi connectivity index (χ0v) is 12.0. The van der Waals surface area contributed by atoms with Crippen molar-refractivity contribution in [1.29, 1.82) is 0 Å². The van der Waals surface area contributed by atoms with E-state index in [4.69, 9.17) is 11.6 Å². The smallest absolute Gasteiger partial charge is 0.291 e. The van der Waals surface area contributed by atoms with Crippen molar-refractivity contribution < 1.29 is 0 Å². The second kappa shape index (κ2) is 4.82. The third-order valence-electron chi connectivity index (χ3n) is 4.50. The molecule has 19 heavy (non-hydrogen) atoms. The first kappa shape index (κ1) is 13.0. The van der Waals surface area contributed by atoms with Gasteiger partial charge in [-0.05, 0) is 44.4 Å². The van der Waals surface area contributed by atoms with Crippen molar-refractivity contribution >= 4 is 17.3 Å². The molecule has 0 aromatic carbocycles. The van der Waals surface area contributed by atoms with Gasteiger partial charge in [-0.3, -0.25) is 4.79 Å². The monoisotopic (exact) mass is 281 g/mol. The first-order valence-electron chi connectivity index (χ1n) is 7.17. The van der Waals surface area contributed by atoms with Crippen molar-refractivity contribution in [2.24, 2.45) is 5.92 Å². The van der Waals surface area contributed by atoms with Gasteiger partial charge in [-0.2, -0.15) is 5.10 Å². The quantitative estimate of drug-likeness (QED) is 0.902. The van der Waals surface area contributed by atoms with Gasteiger partial charge in [0.25, 0.3) is 5.56 Å². The molecule has 2 aliphatic carbocycles. The van der Waals surface area contributed by atoms with E-state index in [1.807, 2.05) is 0 Å². The average molecular weight is 282 g/mol. The molecule has 4 nitrogen and oxygen atoms in total. The van der Waals surface area contributed by atoms with E-state index >= 15 is 0 Å². The number of hydrogen-bond donors (Lipinski definition) is 1. The lowest BCUT2D eigenvalue weighted by Gasteiger charge is -2.42. The predicted molar refractivity (Wildman–Crippen MR) is 76.7 cm³/mol. The molecule has 0 amide bonds. The summed E-state index contributed by atoms with van der Waals surface area (Å²) in [5.74, 6) is 0.628. The first-order chi connectivity index (χ1) is 9.13. The molecule has 1 aromatic heterocycles. The van der Waals surface area contributed by atoms with Gasteiger partial charge in [-0.1, -0.05) is 18.5 Å². The summed E-state index contributed by atoms with van der Waals surface area (Å²) in [5.41, 5.74) is 0.541. The van der Waals surface area contributed by atoms with Gasteiger partial charge >= 0.3 is 0 Å². The van der Waals surface area contributed by atoms with Gasteiger partial charge in [-0.15, -0.1) is 0 Å². The number of rotatable bonds is 5. The fourth-order valence-corrected chi connectivity index (χ4v) is 2.86. The summed E-state index contributed by atoms with van der Waals surface area (Å²) < 4.78 is 1.56. The summed E-state index contributed by atoms with van der Waals surface area (Å²) in [5, 5.41) is 8.00. The van der Waals surface area contributed by atoms with Crippen LogP contribution in [0.1, 0.15) is 45.4 Å². The Balaban J connectivity index is 1.88. The lowest BCUT2D eigenvalue weighted by atomic mass is 9.75. The van der Waals surface area contributed by atoms with Crippen LogP contribution in [0.3, 0.4) is 0 Å². The van der Waals surface area contributed by atoms with Gasteiger partial charge in [0.15, 0.2) is 0 Å². The normalized spacial score (nSPS) is 20.9. The number of nitrogens with one attached hydrogen (secondary N) is 1. The van der Waals surface area contributed by atoms with Gasteiger partial charge in [-0.25, -0.2) is 4.68 Å². The van der Waals surface area contributed by atoms with Gasteiger partial charge in [0.1, 0.15) is 5.69 Å². The maximum Gasteiger partial charge on any atom is 0.291 e. The van der Waals surface area contributed by atoms with Gasteiger partial charge in [0.05, 0.1) is 11.2 Å². The van der Waals surface area contributed by atoms with E-state index in [1.54, 1.807) is 10.9 Å². The summed E-state index contributed by atoms with van der Waals surface area (Å²) in [7, 11) is 0. The summed E-state index contributed by atoms with van der Waals surface area (Å²) in [4.78, 5) is 12.4. The van der Waals surface area contributed by atoms with Gasteiger partial charge in [0.2, 0.25) is 0 Å². The highest BCUT2D eigenvalue weighted by atomic mass is 35.5. The highest BCUT2D eigenvalue weighted by molar-refractivity contribution is 6.33. The second-order valence-electron chi connectivity index (χ2n) is 5.91. The minimum absolute atomic E-state index is 0.0703. The van der Waals surface area contributed by atoms with Crippen molar-refractivity contribution in [2.45, 2.75) is 57.5 Å². The van der Waals surface area contributed by atoms with E-state index in [1.165, 1.54) is 19.3 Å². The standard InChI is InChI=1S/C14H20ClN3O/c1-2-14(6-3-7-14)17-12-11(15)8-16-18(13(12)19)9-10-4-5-10/h8,10,17H,2-7,9H2,1H3. The number of anilines is 1. The van der Waals surface area contributed by atoms with Crippen LogP contribution in [-0.2, 0) is 6.54 Å². The van der Waals surface area contributed by atoms with E-state index in [2.05, 4.69) is 17.3 Å². The Labute approximate surface area is 118 Å². The van der Waals surface area contributed by atoms with Crippen LogP contribution >= 0.6 is 11.6 Å². The van der Waals surface area contributed by atoms with Crippen molar-refractivity contribution in [2.75, 3.05) is 5.32 Å². The van der Waals surface area contributed by atoms with Crippen LogP contribution in [0.15, 0.2) is 11.0 Å². The van der Waals surface area contributed by atoms with Crippen LogP contribution in [-0.4, -0.2) is 15.3 Å². The fourth-order valence-electron chi connectivity index (χ4n) is 2.69. The largest absolute Gasteiger partial charge is 0.374 e. The number of hydrogen-bond acceptors (Lipinski definition) is 3. The Kier molecular flexibility index (Phi) is 3.29. The van der Waals surface area contributed by atoms with Crippen LogP contribution in [0, 0.1) is 5.92 Å². The minimum Gasteiger partial charge on any atom is -0.374 e. The molecule has 0 radical (unpaired) electrons. The molecular weight excluding hydrogens is 262 g/mol. The summed E-state index contributed by atoms with van der Waals surface area (Å²) >= 11 is 6.16. The fraction of sp³-hybridized carbons (Fsp3) is 0.714. The molecule has 0 saturated heterocycles. The number of nitrogens with zero attached hydrogens (tertiary/aromatic N) is 2. The van der Waals surface area contributed by atoms with E-state index in [9.17, 15) is 4.79 Å². The van der Waals surface area contributed by atoms with E-state index in [0.717, 1.165) is 25.8 Å². The van der Waals surface area contributed by atoms with Crippen LogP contribution in [0.2, 0.25) is 5.02 Å². The van der Waals surface area contributed by atoms with Gasteiger partial charge in [0, 0.05) is 12.1 Å². The molecule has 2 aliphatic rings. The molecule has 0 atom stereocenters. The Bertz CT molecular complexity index is 526. The Morgan fingerprint density at radius 2 is 2.26 bits per heavy atom. The molecule has 5 heteroatoms. The molecule has 0 aliphatic heterocycles. The van der Waals surface area contributed by atoms with Crippen LogP contribution < -0.4 is 10.9 Å². The highest BCUT2D eigenvalue weighted by Gasteiger charge is 2.36. The van der Waals surface area contributed by atoms with Crippen LogP contribution in [0.4, 0.5) is 5.69 Å². The third-order valence-corrected chi connectivity index (χ3v) is 4.79. The molecule has 1 N–H and O–H groups in total. The van der Waals surface area contributed by atoms with Gasteiger partial charge < -0.3 is 5.32 Å². The molecule has 0 unspecified atom stereocenters. The highest BCUT2D eigenvalue weighted by Crippen LogP contribution is 2.38. The summed E-state index contributed by atoms with van der Waals surface area (Å²) in [6.07, 6.45) is 8.48. The third kappa shape index (κ3) is 2.50. The average Bonchev–Trinajstić information content (AvgIpc) is 3.15. The Morgan fingerprint density at radius 1 is 1.53 bits per heavy atom. The number of halogens is 1. The minimum atomic E-state index is -0.0703. The van der Waals surface area contributed by atoms with Crippen molar-refractivity contribution in [3.8, 4) is 0 Å². The zero-order valence-electron chi connectivity index (χ0n) is 11.3. The number of aromatic nitrogens is 2. The SMILES string of the molecule is CCC1(Nc2c(Cl)cnn(CC3CC3)c2=O)CCC1. The molecule has 1 heterocycles. The molecule has 0 bridgehead atoms. The Hall–Kier alpha value is -1.03. The topological polar surface area (TPSA) is 46.9 Å². The van der Waals surface area contributed by atoms with Crippen molar-refractivity contribution in [1.82, 2.24) is 9.78 Å². The maximum atomic E-state index is 12.4. The molecule has 0 spiro atoms. The van der Waals surface area contributed by atoms with Crippen LogP contribution in [0.5, 0.6) is 0 Å². The molecule has 2 saturated carbocycles. The van der Waals surface area contributed by atoms with Crippen molar-refractivity contribution in [3.63, 3.8) is 0 Å². The summed E-state index contributed by atoms with van der Waals surface area (Å²) in [6.45, 7) is 2.88. The lowest BCUT2D eigenvalue weighted by Crippen LogP contribution is -2.46. The predicted octanol–water partition coefficient (Wildman–Crippen LogP) is 3.05. The maximum absolute atomic E-state index is 12.4. The molecule has 2 fully saturated rings. The zero-order chi connectivity index (χ0) is 13.5. The molecule has 3 rings (SSSR count). The molecule has 104 valence electrons. The van der Waals surface area contributed by atoms with Crippen LogP contribution in [0.25, 0.3) is 0 Å². The Morgan fingerprint density at radius 3 is 2.79 bits per heavy atom. The van der Waals surface area contributed by atoms with E-state index in [-0.39, 0.29) is 11.1 Å². The second-order valence-corrected chi connectivity index (χ2v) is 6.32.